The molecule has 2 aliphatic carbocycles. The van der Waals surface area contributed by atoms with Crippen LogP contribution in [-0.4, -0.2) is 51.5 Å². The summed E-state index contributed by atoms with van der Waals surface area (Å²) in [6.45, 7) is 2.89. The predicted molar refractivity (Wildman–Crippen MR) is 116 cm³/mol. The molecule has 2 unspecified atom stereocenters. The summed E-state index contributed by atoms with van der Waals surface area (Å²) in [6, 6.07) is 4.75. The van der Waals surface area contributed by atoms with Crippen molar-refractivity contribution in [2.24, 2.45) is 5.92 Å². The summed E-state index contributed by atoms with van der Waals surface area (Å²) in [6.07, 6.45) is 9.34. The monoisotopic (exact) mass is 411 g/mol. The molecule has 2 aliphatic heterocycles. The van der Waals surface area contributed by atoms with Crippen LogP contribution in [0.25, 0.3) is 0 Å². The first-order chi connectivity index (χ1) is 14.7. The van der Waals surface area contributed by atoms with E-state index in [2.05, 4.69) is 23.1 Å². The number of nitrogens with zero attached hydrogens (tertiary/aromatic N) is 1. The van der Waals surface area contributed by atoms with Crippen LogP contribution in [0.3, 0.4) is 0 Å². The summed E-state index contributed by atoms with van der Waals surface area (Å²) < 4.78 is 23.2. The van der Waals surface area contributed by atoms with Crippen LogP contribution >= 0.6 is 0 Å². The molecular formula is C25H33NO4. The van der Waals surface area contributed by atoms with E-state index in [9.17, 15) is 0 Å². The molecule has 0 bridgehead atoms. The molecule has 0 radical (unpaired) electrons. The number of fused-ring (bicyclic) bond motifs is 3. The molecular weight excluding hydrogens is 378 g/mol. The molecule has 5 nitrogen and oxygen atoms in total. The molecule has 1 aromatic carbocycles. The van der Waals surface area contributed by atoms with Crippen LogP contribution in [0, 0.1) is 5.92 Å². The van der Waals surface area contributed by atoms with Gasteiger partial charge in [0, 0.05) is 32.7 Å². The lowest BCUT2D eigenvalue weighted by molar-refractivity contribution is 0.0348. The Balaban J connectivity index is 1.41. The second kappa shape index (κ2) is 8.27. The fourth-order valence-corrected chi connectivity index (χ4v) is 5.39. The quantitative estimate of drug-likeness (QED) is 0.700. The molecule has 5 rings (SSSR count). The van der Waals surface area contributed by atoms with Crippen molar-refractivity contribution in [1.82, 2.24) is 4.90 Å². The minimum Gasteiger partial charge on any atom is -0.495 e. The number of hydrogen-bond acceptors (Lipinski definition) is 5. The van der Waals surface area contributed by atoms with Crippen LogP contribution in [0.5, 0.6) is 11.5 Å². The van der Waals surface area contributed by atoms with E-state index in [-0.39, 0.29) is 6.10 Å². The van der Waals surface area contributed by atoms with Gasteiger partial charge in [-0.3, -0.25) is 4.90 Å². The number of methoxy groups -OCH3 is 3. The first kappa shape index (κ1) is 20.0. The van der Waals surface area contributed by atoms with E-state index < -0.39 is 0 Å². The lowest BCUT2D eigenvalue weighted by Gasteiger charge is -2.44. The summed E-state index contributed by atoms with van der Waals surface area (Å²) in [5.74, 6) is 3.42. The highest BCUT2D eigenvalue weighted by molar-refractivity contribution is 5.50. The number of benzene rings is 1. The van der Waals surface area contributed by atoms with E-state index in [4.69, 9.17) is 18.9 Å². The Kier molecular flexibility index (Phi) is 5.50. The summed E-state index contributed by atoms with van der Waals surface area (Å²) in [4.78, 5) is 2.62. The molecule has 1 aromatic rings. The minimum absolute atomic E-state index is 0.0376. The molecule has 0 amide bonds. The van der Waals surface area contributed by atoms with E-state index in [1.807, 2.05) is 7.11 Å². The summed E-state index contributed by atoms with van der Waals surface area (Å²) in [5, 5.41) is 0. The van der Waals surface area contributed by atoms with Crippen LogP contribution in [-0.2, 0) is 22.4 Å². The van der Waals surface area contributed by atoms with Crippen LogP contribution in [0.15, 0.2) is 35.1 Å². The van der Waals surface area contributed by atoms with Gasteiger partial charge in [0.2, 0.25) is 0 Å². The first-order valence-corrected chi connectivity index (χ1v) is 11.3. The van der Waals surface area contributed by atoms with E-state index in [1.165, 1.54) is 41.5 Å². The molecule has 0 N–H and O–H groups in total. The SMILES string of the molecule is COc1cc2c(cc1OC)CN1CCC3=C(CC(OC)C(OCC4CCC4)=C3)C1C2. The van der Waals surface area contributed by atoms with Crippen molar-refractivity contribution in [3.8, 4) is 11.5 Å². The van der Waals surface area contributed by atoms with Crippen LogP contribution in [0.1, 0.15) is 43.2 Å². The van der Waals surface area contributed by atoms with Crippen molar-refractivity contribution < 1.29 is 18.9 Å². The van der Waals surface area contributed by atoms with Crippen LogP contribution < -0.4 is 9.47 Å². The number of hydrogen-bond donors (Lipinski definition) is 0. The van der Waals surface area contributed by atoms with Crippen molar-refractivity contribution in [3.63, 3.8) is 0 Å². The third kappa shape index (κ3) is 3.52. The smallest absolute Gasteiger partial charge is 0.161 e. The van der Waals surface area contributed by atoms with Crippen molar-refractivity contribution in [1.29, 1.82) is 0 Å². The van der Waals surface area contributed by atoms with Gasteiger partial charge in [-0.15, -0.1) is 0 Å². The van der Waals surface area contributed by atoms with Crippen LogP contribution in [0.2, 0.25) is 0 Å². The van der Waals surface area contributed by atoms with Gasteiger partial charge in [0.05, 0.1) is 20.8 Å². The standard InChI is InChI=1S/C25H33NO4/c1-27-22-11-18-9-21-20-13-24(29-3)25(30-15-16-5-4-6-16)10-17(20)7-8-26(21)14-19(18)12-23(22)28-2/h10-12,16,21,24H,4-9,13-15H2,1-3H3. The molecule has 2 atom stereocenters. The zero-order valence-electron chi connectivity index (χ0n) is 18.4. The average Bonchev–Trinajstić information content (AvgIpc) is 2.75. The Morgan fingerprint density at radius 1 is 1.00 bits per heavy atom. The zero-order valence-corrected chi connectivity index (χ0v) is 18.4. The maximum atomic E-state index is 6.25. The van der Waals surface area contributed by atoms with Gasteiger partial charge < -0.3 is 18.9 Å². The third-order valence-electron chi connectivity index (χ3n) is 7.45. The van der Waals surface area contributed by atoms with Crippen molar-refractivity contribution in [3.05, 3.63) is 46.2 Å². The molecule has 162 valence electrons. The maximum Gasteiger partial charge on any atom is 0.161 e. The van der Waals surface area contributed by atoms with Gasteiger partial charge in [0.1, 0.15) is 11.9 Å². The maximum absolute atomic E-state index is 6.25. The highest BCUT2D eigenvalue weighted by Crippen LogP contribution is 2.42. The number of allylic oxidation sites excluding steroid dienone is 1. The molecule has 2 heterocycles. The molecule has 1 fully saturated rings. The Morgan fingerprint density at radius 2 is 1.77 bits per heavy atom. The number of ether oxygens (including phenoxy) is 4. The second-order valence-electron chi connectivity index (χ2n) is 9.05. The Morgan fingerprint density at radius 3 is 2.43 bits per heavy atom. The Labute approximate surface area is 179 Å². The van der Waals surface area contributed by atoms with Gasteiger partial charge in [-0.25, -0.2) is 0 Å². The van der Waals surface area contributed by atoms with Gasteiger partial charge in [-0.1, -0.05) is 6.42 Å². The summed E-state index contributed by atoms with van der Waals surface area (Å²) in [5.41, 5.74) is 5.72. The van der Waals surface area contributed by atoms with Crippen molar-refractivity contribution >= 4 is 0 Å². The highest BCUT2D eigenvalue weighted by Gasteiger charge is 2.38. The van der Waals surface area contributed by atoms with Gasteiger partial charge in [0.15, 0.2) is 11.5 Å². The predicted octanol–water partition coefficient (Wildman–Crippen LogP) is 4.25. The minimum atomic E-state index is 0.0376. The third-order valence-corrected chi connectivity index (χ3v) is 7.45. The molecule has 1 saturated carbocycles. The Hall–Kier alpha value is -1.98. The van der Waals surface area contributed by atoms with Crippen molar-refractivity contribution in [2.75, 3.05) is 34.5 Å². The number of rotatable bonds is 6. The molecule has 5 heteroatoms. The lowest BCUT2D eigenvalue weighted by atomic mass is 9.79. The summed E-state index contributed by atoms with van der Waals surface area (Å²) in [7, 11) is 5.23. The Bertz CT molecular complexity index is 870. The topological polar surface area (TPSA) is 40.2 Å². The average molecular weight is 412 g/mol. The van der Waals surface area contributed by atoms with E-state index in [0.717, 1.165) is 62.1 Å². The van der Waals surface area contributed by atoms with E-state index in [1.54, 1.807) is 14.2 Å². The fraction of sp³-hybridized carbons (Fsp3) is 0.600. The van der Waals surface area contributed by atoms with Crippen LogP contribution in [0.4, 0.5) is 0 Å². The van der Waals surface area contributed by atoms with Gasteiger partial charge in [-0.2, -0.15) is 0 Å². The van der Waals surface area contributed by atoms with Gasteiger partial charge in [-0.05, 0) is 72.1 Å². The molecule has 4 aliphatic rings. The van der Waals surface area contributed by atoms with Gasteiger partial charge >= 0.3 is 0 Å². The largest absolute Gasteiger partial charge is 0.495 e. The highest BCUT2D eigenvalue weighted by atomic mass is 16.5. The van der Waals surface area contributed by atoms with Crippen molar-refractivity contribution in [2.45, 2.75) is 57.2 Å². The molecule has 0 spiro atoms. The van der Waals surface area contributed by atoms with Gasteiger partial charge in [0.25, 0.3) is 0 Å². The first-order valence-electron chi connectivity index (χ1n) is 11.3. The fourth-order valence-electron chi connectivity index (χ4n) is 5.39. The summed E-state index contributed by atoms with van der Waals surface area (Å²) >= 11 is 0. The second-order valence-corrected chi connectivity index (χ2v) is 9.05. The molecule has 30 heavy (non-hydrogen) atoms. The molecule has 0 saturated heterocycles. The lowest BCUT2D eigenvalue weighted by Crippen LogP contribution is -2.46. The van der Waals surface area contributed by atoms with E-state index >= 15 is 0 Å². The normalized spacial score (nSPS) is 26.2. The molecule has 0 aromatic heterocycles. The zero-order chi connectivity index (χ0) is 20.7. The van der Waals surface area contributed by atoms with E-state index in [0.29, 0.717) is 6.04 Å².